The second kappa shape index (κ2) is 5.81. The summed E-state index contributed by atoms with van der Waals surface area (Å²) in [4.78, 5) is 13.7. The van der Waals surface area contributed by atoms with Gasteiger partial charge >= 0.3 is 0 Å². The molecular weight excluding hydrogens is 286 g/mol. The van der Waals surface area contributed by atoms with Gasteiger partial charge in [0, 0.05) is 31.7 Å². The number of aromatic nitrogens is 2. The topological polar surface area (TPSA) is 44.3 Å². The first kappa shape index (κ1) is 14.5. The summed E-state index contributed by atoms with van der Waals surface area (Å²) in [6.07, 6.45) is 3.07. The summed E-state index contributed by atoms with van der Waals surface area (Å²) in [7, 11) is 4.13. The number of hydrogen-bond donors (Lipinski definition) is 1. The van der Waals surface area contributed by atoms with E-state index in [9.17, 15) is 0 Å². The monoisotopic (exact) mass is 309 g/mol. The quantitative estimate of drug-likeness (QED) is 0.919. The predicted octanol–water partition coefficient (Wildman–Crippen LogP) is 2.50. The zero-order valence-corrected chi connectivity index (χ0v) is 13.7. The van der Waals surface area contributed by atoms with Gasteiger partial charge in [0.25, 0.3) is 0 Å². The maximum atomic E-state index is 4.73. The van der Waals surface area contributed by atoms with Gasteiger partial charge in [-0.2, -0.15) is 4.98 Å². The Bertz CT molecular complexity index is 699. The summed E-state index contributed by atoms with van der Waals surface area (Å²) in [5, 5.41) is 3.31. The number of likely N-dealkylation sites (N-methyl/N-ethyl adjacent to an activating group) is 1. The Labute approximate surface area is 137 Å². The van der Waals surface area contributed by atoms with Crippen molar-refractivity contribution in [2.45, 2.75) is 18.4 Å². The number of benzene rings is 1. The molecule has 23 heavy (non-hydrogen) atoms. The van der Waals surface area contributed by atoms with E-state index in [1.807, 2.05) is 12.3 Å². The Morgan fingerprint density at radius 2 is 2.04 bits per heavy atom. The van der Waals surface area contributed by atoms with E-state index >= 15 is 0 Å². The number of rotatable bonds is 5. The Morgan fingerprint density at radius 1 is 1.22 bits per heavy atom. The molecule has 1 aliphatic carbocycles. The maximum Gasteiger partial charge on any atom is 0.224 e. The van der Waals surface area contributed by atoms with Crippen LogP contribution in [-0.2, 0) is 0 Å². The van der Waals surface area contributed by atoms with Crippen molar-refractivity contribution in [2.75, 3.05) is 43.9 Å². The minimum atomic E-state index is 0.473. The van der Waals surface area contributed by atoms with Crippen molar-refractivity contribution >= 4 is 11.8 Å². The predicted molar refractivity (Wildman–Crippen MR) is 93.0 cm³/mol. The highest BCUT2D eigenvalue weighted by molar-refractivity contribution is 5.54. The highest BCUT2D eigenvalue weighted by Gasteiger charge is 2.42. The van der Waals surface area contributed by atoms with Gasteiger partial charge in [0.2, 0.25) is 5.95 Å². The van der Waals surface area contributed by atoms with Crippen molar-refractivity contribution in [1.29, 1.82) is 0 Å². The summed E-state index contributed by atoms with van der Waals surface area (Å²) in [5.41, 5.74) is 3.01. The summed E-state index contributed by atoms with van der Waals surface area (Å²) in [5.74, 6) is 2.41. The first-order valence-corrected chi connectivity index (χ1v) is 8.29. The lowest BCUT2D eigenvalue weighted by molar-refractivity contribution is 0.425. The summed E-state index contributed by atoms with van der Waals surface area (Å²) >= 11 is 0. The van der Waals surface area contributed by atoms with Crippen LogP contribution in [0, 0.1) is 0 Å². The van der Waals surface area contributed by atoms with E-state index in [0.717, 1.165) is 31.4 Å². The van der Waals surface area contributed by atoms with Crippen LogP contribution in [0.2, 0.25) is 0 Å². The van der Waals surface area contributed by atoms with E-state index < -0.39 is 0 Å². The Kier molecular flexibility index (Phi) is 3.65. The zero-order chi connectivity index (χ0) is 15.8. The van der Waals surface area contributed by atoms with E-state index in [0.29, 0.717) is 12.0 Å². The van der Waals surface area contributed by atoms with Crippen LogP contribution in [0.15, 0.2) is 36.5 Å². The summed E-state index contributed by atoms with van der Waals surface area (Å²) in [6.45, 7) is 2.89. The van der Waals surface area contributed by atoms with Gasteiger partial charge in [-0.1, -0.05) is 24.3 Å². The van der Waals surface area contributed by atoms with Crippen LogP contribution in [0.3, 0.4) is 0 Å². The molecule has 2 heterocycles. The lowest BCUT2D eigenvalue weighted by atomic mass is 9.99. The minimum absolute atomic E-state index is 0.473. The molecule has 0 saturated carbocycles. The van der Waals surface area contributed by atoms with E-state index in [1.165, 1.54) is 17.5 Å². The fraction of sp³-hybridized carbons (Fsp3) is 0.444. The number of hydrogen-bond acceptors (Lipinski definition) is 5. The first-order chi connectivity index (χ1) is 11.2. The molecule has 4 rings (SSSR count). The van der Waals surface area contributed by atoms with Gasteiger partial charge in [0.15, 0.2) is 0 Å². The minimum Gasteiger partial charge on any atom is -0.353 e. The normalized spacial score (nSPS) is 21.8. The van der Waals surface area contributed by atoms with E-state index in [4.69, 9.17) is 4.98 Å². The molecule has 1 saturated heterocycles. The number of anilines is 2. The molecule has 1 aliphatic heterocycles. The van der Waals surface area contributed by atoms with Crippen molar-refractivity contribution in [3.8, 4) is 0 Å². The highest BCUT2D eigenvalue weighted by Crippen LogP contribution is 2.51. The van der Waals surface area contributed by atoms with Gasteiger partial charge in [-0.05, 0) is 37.7 Å². The molecule has 0 spiro atoms. The molecule has 0 radical (unpaired) electrons. The molecule has 1 aromatic carbocycles. The van der Waals surface area contributed by atoms with Crippen molar-refractivity contribution < 1.29 is 0 Å². The Morgan fingerprint density at radius 3 is 2.87 bits per heavy atom. The van der Waals surface area contributed by atoms with Gasteiger partial charge in [-0.15, -0.1) is 0 Å². The number of fused-ring (bicyclic) bond motifs is 5. The highest BCUT2D eigenvalue weighted by atomic mass is 15.3. The average molecular weight is 309 g/mol. The van der Waals surface area contributed by atoms with Crippen molar-refractivity contribution in [3.05, 3.63) is 47.7 Å². The third kappa shape index (κ3) is 2.65. The third-order valence-corrected chi connectivity index (χ3v) is 4.87. The molecule has 120 valence electrons. The second-order valence-electron chi connectivity index (χ2n) is 6.70. The van der Waals surface area contributed by atoms with Gasteiger partial charge in [-0.25, -0.2) is 4.98 Å². The van der Waals surface area contributed by atoms with Crippen LogP contribution in [0.5, 0.6) is 0 Å². The molecule has 2 aliphatic rings. The van der Waals surface area contributed by atoms with Crippen LogP contribution in [0.25, 0.3) is 0 Å². The van der Waals surface area contributed by atoms with Crippen LogP contribution in [0.1, 0.15) is 29.5 Å². The molecule has 0 amide bonds. The number of nitrogens with one attached hydrogen (secondary N) is 1. The molecule has 5 nitrogen and oxygen atoms in total. The third-order valence-electron chi connectivity index (χ3n) is 4.87. The van der Waals surface area contributed by atoms with E-state index in [2.05, 4.69) is 58.5 Å². The lowest BCUT2D eigenvalue weighted by Gasteiger charge is -2.30. The maximum absolute atomic E-state index is 4.73. The Balaban J connectivity index is 1.52. The molecule has 1 fully saturated rings. The van der Waals surface area contributed by atoms with Crippen molar-refractivity contribution in [1.82, 2.24) is 14.9 Å². The molecule has 2 bridgehead atoms. The van der Waals surface area contributed by atoms with Crippen molar-refractivity contribution in [3.63, 3.8) is 0 Å². The van der Waals surface area contributed by atoms with Crippen molar-refractivity contribution in [2.24, 2.45) is 0 Å². The van der Waals surface area contributed by atoms with E-state index in [1.54, 1.807) is 0 Å². The average Bonchev–Trinajstić information content (AvgIpc) is 3.14. The fourth-order valence-electron chi connectivity index (χ4n) is 3.78. The fourth-order valence-corrected chi connectivity index (χ4v) is 3.78. The summed E-state index contributed by atoms with van der Waals surface area (Å²) in [6, 6.07) is 11.4. The Hall–Kier alpha value is -2.14. The van der Waals surface area contributed by atoms with Gasteiger partial charge < -0.3 is 15.1 Å². The van der Waals surface area contributed by atoms with Crippen LogP contribution >= 0.6 is 0 Å². The van der Waals surface area contributed by atoms with Crippen LogP contribution in [0.4, 0.5) is 11.8 Å². The van der Waals surface area contributed by atoms with Gasteiger partial charge in [-0.3, -0.25) is 0 Å². The SMILES string of the molecule is CN(C)CCNc1nccc(N2C[C@H]3C[C@H]2c2ccccc23)n1. The molecule has 5 heteroatoms. The largest absolute Gasteiger partial charge is 0.353 e. The first-order valence-electron chi connectivity index (χ1n) is 8.29. The summed E-state index contributed by atoms with van der Waals surface area (Å²) < 4.78 is 0. The zero-order valence-electron chi connectivity index (χ0n) is 13.7. The van der Waals surface area contributed by atoms with Gasteiger partial charge in [0.05, 0.1) is 6.04 Å². The van der Waals surface area contributed by atoms with Crippen LogP contribution < -0.4 is 10.2 Å². The van der Waals surface area contributed by atoms with E-state index in [-0.39, 0.29) is 0 Å². The smallest absolute Gasteiger partial charge is 0.224 e. The lowest BCUT2D eigenvalue weighted by Crippen LogP contribution is -2.28. The van der Waals surface area contributed by atoms with Gasteiger partial charge in [0.1, 0.15) is 5.82 Å². The second-order valence-corrected chi connectivity index (χ2v) is 6.70. The molecular formula is C18H23N5. The van der Waals surface area contributed by atoms with Crippen LogP contribution in [-0.4, -0.2) is 48.6 Å². The number of nitrogens with zero attached hydrogens (tertiary/aromatic N) is 4. The molecule has 0 unspecified atom stereocenters. The molecule has 2 atom stereocenters. The standard InChI is InChI=1S/C18H23N5/c1-22(2)10-9-20-18-19-8-7-17(21-18)23-12-13-11-16(23)15-6-4-3-5-14(13)15/h3-8,13,16H,9-12H2,1-2H3,(H,19,20,21)/t13-,16+/m1/s1. The molecule has 2 aromatic rings. The molecule has 1 aromatic heterocycles. The molecule has 1 N–H and O–H groups in total.